The molecule has 70 valence electrons. The molecule has 0 spiro atoms. The van der Waals surface area contributed by atoms with Crippen LogP contribution in [0.4, 0.5) is 0 Å². The van der Waals surface area contributed by atoms with Crippen LogP contribution in [0, 0.1) is 11.8 Å². The maximum Gasteiger partial charge on any atom is 0.217 e. The first kappa shape index (κ1) is 9.56. The molecule has 1 rings (SSSR count). The third kappa shape index (κ3) is 2.23. The lowest BCUT2D eigenvalue weighted by atomic mass is 10.0. The average molecular weight is 169 g/mol. The standard InChI is InChI=1S/C10H19NO/c1-4-9-5-7(2)6-10(9)11-8(3)12/h7,9-10H,4-6H2,1-3H3,(H,11,12). The van der Waals surface area contributed by atoms with Crippen LogP contribution in [-0.2, 0) is 4.79 Å². The quantitative estimate of drug-likeness (QED) is 0.672. The van der Waals surface area contributed by atoms with Crippen molar-refractivity contribution in [2.24, 2.45) is 11.8 Å². The van der Waals surface area contributed by atoms with Crippen LogP contribution >= 0.6 is 0 Å². The molecular formula is C10H19NO. The molecule has 1 saturated carbocycles. The minimum absolute atomic E-state index is 0.118. The zero-order valence-corrected chi connectivity index (χ0v) is 8.26. The highest BCUT2D eigenvalue weighted by Gasteiger charge is 2.30. The molecule has 2 nitrogen and oxygen atoms in total. The van der Waals surface area contributed by atoms with Gasteiger partial charge in [-0.2, -0.15) is 0 Å². The van der Waals surface area contributed by atoms with E-state index in [-0.39, 0.29) is 5.91 Å². The van der Waals surface area contributed by atoms with Gasteiger partial charge in [-0.25, -0.2) is 0 Å². The summed E-state index contributed by atoms with van der Waals surface area (Å²) >= 11 is 0. The number of hydrogen-bond acceptors (Lipinski definition) is 1. The fraction of sp³-hybridized carbons (Fsp3) is 0.900. The van der Waals surface area contributed by atoms with Crippen molar-refractivity contribution in [1.82, 2.24) is 5.32 Å². The van der Waals surface area contributed by atoms with Crippen molar-refractivity contribution in [3.63, 3.8) is 0 Å². The lowest BCUT2D eigenvalue weighted by molar-refractivity contribution is -0.119. The monoisotopic (exact) mass is 169 g/mol. The van der Waals surface area contributed by atoms with Gasteiger partial charge in [0.2, 0.25) is 5.91 Å². The van der Waals surface area contributed by atoms with Crippen molar-refractivity contribution in [2.75, 3.05) is 0 Å². The number of rotatable bonds is 2. The Morgan fingerprint density at radius 2 is 2.17 bits per heavy atom. The topological polar surface area (TPSA) is 29.1 Å². The Bertz CT molecular complexity index is 167. The number of carbonyl (C=O) groups excluding carboxylic acids is 1. The maximum absolute atomic E-state index is 10.9. The van der Waals surface area contributed by atoms with Crippen molar-refractivity contribution < 1.29 is 4.79 Å². The Hall–Kier alpha value is -0.530. The largest absolute Gasteiger partial charge is 0.353 e. The van der Waals surface area contributed by atoms with Crippen LogP contribution in [0.2, 0.25) is 0 Å². The van der Waals surface area contributed by atoms with Gasteiger partial charge in [-0.1, -0.05) is 20.3 Å². The lowest BCUT2D eigenvalue weighted by Gasteiger charge is -2.18. The molecule has 0 aromatic rings. The summed E-state index contributed by atoms with van der Waals surface area (Å²) < 4.78 is 0. The van der Waals surface area contributed by atoms with E-state index < -0.39 is 0 Å². The van der Waals surface area contributed by atoms with Gasteiger partial charge >= 0.3 is 0 Å². The molecule has 0 bridgehead atoms. The second kappa shape index (κ2) is 3.92. The molecule has 1 N–H and O–H groups in total. The van der Waals surface area contributed by atoms with Gasteiger partial charge in [0.05, 0.1) is 0 Å². The van der Waals surface area contributed by atoms with Gasteiger partial charge < -0.3 is 5.32 Å². The van der Waals surface area contributed by atoms with Crippen LogP contribution in [-0.4, -0.2) is 11.9 Å². The highest BCUT2D eigenvalue weighted by Crippen LogP contribution is 2.32. The zero-order chi connectivity index (χ0) is 9.14. The average Bonchev–Trinajstić information content (AvgIpc) is 2.29. The molecule has 0 saturated heterocycles. The summed E-state index contributed by atoms with van der Waals surface area (Å²) in [5.74, 6) is 1.61. The van der Waals surface area contributed by atoms with Gasteiger partial charge in [-0.3, -0.25) is 4.79 Å². The molecule has 1 aliphatic rings. The molecule has 3 unspecified atom stereocenters. The van der Waals surface area contributed by atoms with Crippen molar-refractivity contribution in [2.45, 2.75) is 46.1 Å². The Kier molecular flexibility index (Phi) is 3.12. The van der Waals surface area contributed by atoms with Crippen molar-refractivity contribution in [3.05, 3.63) is 0 Å². The lowest BCUT2D eigenvalue weighted by Crippen LogP contribution is -2.35. The Balaban J connectivity index is 2.46. The maximum atomic E-state index is 10.9. The van der Waals surface area contributed by atoms with E-state index in [0.717, 1.165) is 12.3 Å². The summed E-state index contributed by atoms with van der Waals surface area (Å²) in [6.07, 6.45) is 3.63. The normalized spacial score (nSPS) is 35.1. The minimum Gasteiger partial charge on any atom is -0.353 e. The summed E-state index contributed by atoms with van der Waals surface area (Å²) in [5.41, 5.74) is 0. The van der Waals surface area contributed by atoms with E-state index in [9.17, 15) is 4.79 Å². The smallest absolute Gasteiger partial charge is 0.217 e. The molecule has 2 heteroatoms. The second-order valence-corrected chi connectivity index (χ2v) is 4.05. The molecule has 12 heavy (non-hydrogen) atoms. The van der Waals surface area contributed by atoms with Crippen molar-refractivity contribution in [3.8, 4) is 0 Å². The summed E-state index contributed by atoms with van der Waals surface area (Å²) in [6.45, 7) is 6.08. The van der Waals surface area contributed by atoms with Gasteiger partial charge in [0.25, 0.3) is 0 Å². The third-order valence-corrected chi connectivity index (χ3v) is 2.84. The van der Waals surface area contributed by atoms with Crippen LogP contribution in [0.15, 0.2) is 0 Å². The van der Waals surface area contributed by atoms with Crippen LogP contribution < -0.4 is 5.32 Å². The Labute approximate surface area is 74.7 Å². The molecule has 1 aliphatic carbocycles. The number of amides is 1. The van der Waals surface area contributed by atoms with Crippen LogP contribution in [0.3, 0.4) is 0 Å². The number of carbonyl (C=O) groups is 1. The Morgan fingerprint density at radius 3 is 2.67 bits per heavy atom. The van der Waals surface area contributed by atoms with E-state index in [1.54, 1.807) is 6.92 Å². The van der Waals surface area contributed by atoms with Gasteiger partial charge in [0, 0.05) is 13.0 Å². The molecule has 1 amide bonds. The molecule has 0 heterocycles. The van der Waals surface area contributed by atoms with E-state index in [0.29, 0.717) is 12.0 Å². The summed E-state index contributed by atoms with van der Waals surface area (Å²) in [7, 11) is 0. The first-order valence-corrected chi connectivity index (χ1v) is 4.90. The fourth-order valence-corrected chi connectivity index (χ4v) is 2.29. The van der Waals surface area contributed by atoms with E-state index in [1.165, 1.54) is 12.8 Å². The third-order valence-electron chi connectivity index (χ3n) is 2.84. The van der Waals surface area contributed by atoms with E-state index in [4.69, 9.17) is 0 Å². The predicted octanol–water partition coefficient (Wildman–Crippen LogP) is 1.95. The van der Waals surface area contributed by atoms with Crippen LogP contribution in [0.1, 0.15) is 40.0 Å². The zero-order valence-electron chi connectivity index (χ0n) is 8.26. The predicted molar refractivity (Wildman–Crippen MR) is 49.8 cm³/mol. The number of hydrogen-bond donors (Lipinski definition) is 1. The SMILES string of the molecule is CCC1CC(C)CC1NC(C)=O. The second-order valence-electron chi connectivity index (χ2n) is 4.05. The van der Waals surface area contributed by atoms with Gasteiger partial charge in [-0.15, -0.1) is 0 Å². The fourth-order valence-electron chi connectivity index (χ4n) is 2.29. The van der Waals surface area contributed by atoms with Gasteiger partial charge in [0.1, 0.15) is 0 Å². The highest BCUT2D eigenvalue weighted by molar-refractivity contribution is 5.73. The number of nitrogens with one attached hydrogen (secondary N) is 1. The van der Waals surface area contributed by atoms with E-state index >= 15 is 0 Å². The van der Waals surface area contributed by atoms with Crippen LogP contribution in [0.5, 0.6) is 0 Å². The molecule has 0 aromatic carbocycles. The van der Waals surface area contributed by atoms with E-state index in [1.807, 2.05) is 0 Å². The van der Waals surface area contributed by atoms with Crippen molar-refractivity contribution >= 4 is 5.91 Å². The first-order chi connectivity index (χ1) is 5.63. The molecule has 0 aliphatic heterocycles. The highest BCUT2D eigenvalue weighted by atomic mass is 16.1. The molecule has 1 fully saturated rings. The van der Waals surface area contributed by atoms with Crippen molar-refractivity contribution in [1.29, 1.82) is 0 Å². The summed E-state index contributed by atoms with van der Waals surface area (Å²) in [6, 6.07) is 0.447. The summed E-state index contributed by atoms with van der Waals surface area (Å²) in [4.78, 5) is 10.9. The van der Waals surface area contributed by atoms with Gasteiger partial charge in [0.15, 0.2) is 0 Å². The summed E-state index contributed by atoms with van der Waals surface area (Å²) in [5, 5.41) is 3.03. The van der Waals surface area contributed by atoms with E-state index in [2.05, 4.69) is 19.2 Å². The minimum atomic E-state index is 0.118. The molecular weight excluding hydrogens is 150 g/mol. The molecule has 0 radical (unpaired) electrons. The molecule has 3 atom stereocenters. The first-order valence-electron chi connectivity index (χ1n) is 4.90. The Morgan fingerprint density at radius 1 is 1.50 bits per heavy atom. The van der Waals surface area contributed by atoms with Gasteiger partial charge in [-0.05, 0) is 24.7 Å². The molecule has 0 aromatic heterocycles. The van der Waals surface area contributed by atoms with Crippen LogP contribution in [0.25, 0.3) is 0 Å².